The van der Waals surface area contributed by atoms with Crippen molar-refractivity contribution in [3.8, 4) is 0 Å². The average molecular weight is 439 g/mol. The molecule has 170 valence electrons. The molecule has 2 aromatic heterocycles. The molecule has 0 spiro atoms. The van der Waals surface area contributed by atoms with Crippen molar-refractivity contribution in [3.05, 3.63) is 35.5 Å². The van der Waals surface area contributed by atoms with Gasteiger partial charge in [0.15, 0.2) is 11.6 Å². The Balaban J connectivity index is 1.48. The molecule has 2 aliphatic carbocycles. The second kappa shape index (κ2) is 9.50. The first-order chi connectivity index (χ1) is 15.4. The highest BCUT2D eigenvalue weighted by atomic mass is 16.5. The zero-order valence-electron chi connectivity index (χ0n) is 18.8. The van der Waals surface area contributed by atoms with Crippen molar-refractivity contribution < 1.29 is 14.3 Å². The van der Waals surface area contributed by atoms with Gasteiger partial charge in [0.05, 0.1) is 18.6 Å². The SMILES string of the molecule is COC(=O)C1CCC(Nc2nc(C3CC3)ccc2C(=O)Nc2ccc(N(C)C)nn2)CC1. The number of carbonyl (C=O) groups excluding carboxylic acids is 2. The molecule has 0 aliphatic heterocycles. The predicted octanol–water partition coefficient (Wildman–Crippen LogP) is 3.21. The molecule has 32 heavy (non-hydrogen) atoms. The maximum atomic E-state index is 13.0. The lowest BCUT2D eigenvalue weighted by molar-refractivity contribution is -0.146. The van der Waals surface area contributed by atoms with Gasteiger partial charge < -0.3 is 20.3 Å². The van der Waals surface area contributed by atoms with Gasteiger partial charge in [0.2, 0.25) is 0 Å². The molecule has 2 N–H and O–H groups in total. The minimum absolute atomic E-state index is 0.0460. The summed E-state index contributed by atoms with van der Waals surface area (Å²) in [6.07, 6.45) is 5.46. The van der Waals surface area contributed by atoms with Crippen molar-refractivity contribution in [1.29, 1.82) is 0 Å². The Kier molecular flexibility index (Phi) is 6.53. The van der Waals surface area contributed by atoms with Gasteiger partial charge in [-0.3, -0.25) is 9.59 Å². The van der Waals surface area contributed by atoms with Crippen LogP contribution in [0.2, 0.25) is 0 Å². The van der Waals surface area contributed by atoms with Gasteiger partial charge in [0, 0.05) is 31.7 Å². The minimum Gasteiger partial charge on any atom is -0.469 e. The van der Waals surface area contributed by atoms with E-state index in [0.29, 0.717) is 28.9 Å². The maximum absolute atomic E-state index is 13.0. The molecule has 0 saturated heterocycles. The molecular weight excluding hydrogens is 408 g/mol. The van der Waals surface area contributed by atoms with Crippen LogP contribution in [0.5, 0.6) is 0 Å². The van der Waals surface area contributed by atoms with Crippen LogP contribution in [0.4, 0.5) is 17.5 Å². The van der Waals surface area contributed by atoms with E-state index in [0.717, 1.165) is 44.2 Å². The number of nitrogens with zero attached hydrogens (tertiary/aromatic N) is 4. The average Bonchev–Trinajstić information content (AvgIpc) is 3.65. The van der Waals surface area contributed by atoms with Gasteiger partial charge in [-0.05, 0) is 62.8 Å². The number of rotatable bonds is 7. The highest BCUT2D eigenvalue weighted by Crippen LogP contribution is 2.40. The molecular formula is C23H30N6O3. The lowest BCUT2D eigenvalue weighted by Crippen LogP contribution is -2.31. The number of aromatic nitrogens is 3. The quantitative estimate of drug-likeness (QED) is 0.634. The zero-order valence-corrected chi connectivity index (χ0v) is 18.8. The van der Waals surface area contributed by atoms with Crippen molar-refractivity contribution in [2.24, 2.45) is 5.92 Å². The fraction of sp³-hybridized carbons (Fsp3) is 0.522. The molecule has 2 aromatic rings. The van der Waals surface area contributed by atoms with Crippen molar-refractivity contribution in [2.45, 2.75) is 50.5 Å². The van der Waals surface area contributed by atoms with Crippen LogP contribution in [0.3, 0.4) is 0 Å². The number of carbonyl (C=O) groups is 2. The van der Waals surface area contributed by atoms with Crippen molar-refractivity contribution in [1.82, 2.24) is 15.2 Å². The summed E-state index contributed by atoms with van der Waals surface area (Å²) in [7, 11) is 5.20. The van der Waals surface area contributed by atoms with E-state index in [-0.39, 0.29) is 23.8 Å². The summed E-state index contributed by atoms with van der Waals surface area (Å²) < 4.78 is 4.88. The molecule has 2 heterocycles. The minimum atomic E-state index is -0.280. The number of ether oxygens (including phenoxy) is 1. The standard InChI is InChI=1S/C23H30N6O3/c1-29(2)20-13-12-19(27-28-20)26-22(30)17-10-11-18(14-4-5-14)25-21(17)24-16-8-6-15(7-9-16)23(31)32-3/h10-16H,4-9H2,1-3H3,(H,24,25)(H,26,27,30). The Morgan fingerprint density at radius 2 is 1.75 bits per heavy atom. The number of amides is 1. The van der Waals surface area contributed by atoms with E-state index in [1.165, 1.54) is 7.11 Å². The van der Waals surface area contributed by atoms with Crippen LogP contribution in [0, 0.1) is 5.92 Å². The van der Waals surface area contributed by atoms with Crippen LogP contribution >= 0.6 is 0 Å². The van der Waals surface area contributed by atoms with Gasteiger partial charge in [0.25, 0.3) is 5.91 Å². The highest BCUT2D eigenvalue weighted by Gasteiger charge is 2.30. The Hall–Kier alpha value is -3.23. The molecule has 0 radical (unpaired) electrons. The molecule has 0 bridgehead atoms. The summed E-state index contributed by atoms with van der Waals surface area (Å²) in [5.74, 6) is 1.70. The van der Waals surface area contributed by atoms with Crippen LogP contribution in [0.25, 0.3) is 0 Å². The van der Waals surface area contributed by atoms with E-state index < -0.39 is 0 Å². The van der Waals surface area contributed by atoms with Crippen LogP contribution in [-0.4, -0.2) is 54.3 Å². The Bertz CT molecular complexity index is 966. The molecule has 1 amide bonds. The smallest absolute Gasteiger partial charge is 0.308 e. The lowest BCUT2D eigenvalue weighted by atomic mass is 9.86. The van der Waals surface area contributed by atoms with Gasteiger partial charge in [-0.25, -0.2) is 4.98 Å². The fourth-order valence-corrected chi connectivity index (χ4v) is 4.02. The van der Waals surface area contributed by atoms with Gasteiger partial charge in [-0.15, -0.1) is 10.2 Å². The Morgan fingerprint density at radius 1 is 1.00 bits per heavy atom. The number of methoxy groups -OCH3 is 1. The molecule has 4 rings (SSSR count). The van der Waals surface area contributed by atoms with Crippen LogP contribution in [0.15, 0.2) is 24.3 Å². The van der Waals surface area contributed by atoms with Crippen LogP contribution in [0.1, 0.15) is 60.5 Å². The number of hydrogen-bond acceptors (Lipinski definition) is 8. The Labute approximate surface area is 188 Å². The molecule has 2 fully saturated rings. The number of anilines is 3. The largest absolute Gasteiger partial charge is 0.469 e. The monoisotopic (exact) mass is 438 g/mol. The highest BCUT2D eigenvalue weighted by molar-refractivity contribution is 6.07. The maximum Gasteiger partial charge on any atom is 0.308 e. The van der Waals surface area contributed by atoms with E-state index in [1.54, 1.807) is 12.1 Å². The molecule has 0 atom stereocenters. The van der Waals surface area contributed by atoms with Gasteiger partial charge in [0.1, 0.15) is 5.82 Å². The molecule has 2 saturated carbocycles. The lowest BCUT2D eigenvalue weighted by Gasteiger charge is -2.28. The molecule has 9 heteroatoms. The summed E-state index contributed by atoms with van der Waals surface area (Å²) in [5, 5.41) is 14.5. The Morgan fingerprint density at radius 3 is 2.34 bits per heavy atom. The second-order valence-electron chi connectivity index (χ2n) is 8.75. The van der Waals surface area contributed by atoms with E-state index in [4.69, 9.17) is 9.72 Å². The first-order valence-electron chi connectivity index (χ1n) is 11.1. The molecule has 9 nitrogen and oxygen atoms in total. The summed E-state index contributed by atoms with van der Waals surface area (Å²) in [6.45, 7) is 0. The van der Waals surface area contributed by atoms with E-state index in [2.05, 4.69) is 20.8 Å². The predicted molar refractivity (Wildman–Crippen MR) is 122 cm³/mol. The summed E-state index contributed by atoms with van der Waals surface area (Å²) in [4.78, 5) is 31.5. The second-order valence-corrected chi connectivity index (χ2v) is 8.75. The van der Waals surface area contributed by atoms with Gasteiger partial charge in [-0.1, -0.05) is 0 Å². The summed E-state index contributed by atoms with van der Waals surface area (Å²) in [6, 6.07) is 7.46. The normalized spacial score (nSPS) is 20.3. The number of nitrogens with one attached hydrogen (secondary N) is 2. The van der Waals surface area contributed by atoms with E-state index in [1.807, 2.05) is 31.1 Å². The topological polar surface area (TPSA) is 109 Å². The third kappa shape index (κ3) is 5.15. The first-order valence-corrected chi connectivity index (χ1v) is 11.1. The van der Waals surface area contributed by atoms with E-state index >= 15 is 0 Å². The number of hydrogen-bond donors (Lipinski definition) is 2. The fourth-order valence-electron chi connectivity index (χ4n) is 4.02. The summed E-state index contributed by atoms with van der Waals surface area (Å²) in [5.41, 5.74) is 1.49. The third-order valence-corrected chi connectivity index (χ3v) is 6.11. The molecule has 0 aromatic carbocycles. The van der Waals surface area contributed by atoms with Crippen molar-refractivity contribution >= 4 is 29.3 Å². The van der Waals surface area contributed by atoms with Crippen LogP contribution < -0.4 is 15.5 Å². The molecule has 0 unspecified atom stereocenters. The van der Waals surface area contributed by atoms with Crippen molar-refractivity contribution in [3.63, 3.8) is 0 Å². The number of esters is 1. The first kappa shape index (κ1) is 22.0. The zero-order chi connectivity index (χ0) is 22.7. The van der Waals surface area contributed by atoms with Gasteiger partial charge >= 0.3 is 5.97 Å². The van der Waals surface area contributed by atoms with E-state index in [9.17, 15) is 9.59 Å². The van der Waals surface area contributed by atoms with Crippen molar-refractivity contribution in [2.75, 3.05) is 36.7 Å². The summed E-state index contributed by atoms with van der Waals surface area (Å²) >= 11 is 0. The van der Waals surface area contributed by atoms with Gasteiger partial charge in [-0.2, -0.15) is 0 Å². The van der Waals surface area contributed by atoms with Crippen LogP contribution in [-0.2, 0) is 9.53 Å². The molecule has 2 aliphatic rings. The number of pyridine rings is 1. The third-order valence-electron chi connectivity index (χ3n) is 6.11.